The summed E-state index contributed by atoms with van der Waals surface area (Å²) in [6, 6.07) is 0. The smallest absolute Gasteiger partial charge is 0.423 e. The van der Waals surface area contributed by atoms with Gasteiger partial charge >= 0.3 is 7.12 Å². The van der Waals surface area contributed by atoms with Gasteiger partial charge in [0.25, 0.3) is 0 Å². The van der Waals surface area contributed by atoms with Gasteiger partial charge < -0.3 is 14.8 Å². The fourth-order valence-electron chi connectivity index (χ4n) is 0.893. The molecule has 0 aliphatic rings. The van der Waals surface area contributed by atoms with Crippen LogP contribution in [0, 0.1) is 0 Å². The first kappa shape index (κ1) is 16.0. The molecule has 0 aromatic heterocycles. The van der Waals surface area contributed by atoms with Crippen LogP contribution in [-0.2, 0) is 4.65 Å². The number of alkyl halides is 1. The monoisotopic (exact) mass is 248 g/mol. The van der Waals surface area contributed by atoms with E-state index in [1.807, 2.05) is 6.08 Å². The van der Waals surface area contributed by atoms with Gasteiger partial charge in [0.15, 0.2) is 0 Å². The maximum Gasteiger partial charge on any atom is 0.483 e. The summed E-state index contributed by atoms with van der Waals surface area (Å²) in [6.07, 6.45) is 3.51. The Kier molecular flexibility index (Phi) is 6.64. The van der Waals surface area contributed by atoms with E-state index in [0.717, 1.165) is 12.8 Å². The summed E-state index contributed by atoms with van der Waals surface area (Å²) in [5.41, 5.74) is -1.83. The fraction of sp³-hybridized carbons (Fsp3) is 0.818. The molecule has 0 aromatic carbocycles. The second-order valence-electron chi connectivity index (χ2n) is 4.84. The molecule has 0 amide bonds. The number of halogens is 1. The lowest BCUT2D eigenvalue weighted by Crippen LogP contribution is -2.50. The number of hydrogen-bond acceptors (Lipinski definition) is 3. The van der Waals surface area contributed by atoms with Crippen LogP contribution in [0.15, 0.2) is 12.1 Å². The summed E-state index contributed by atoms with van der Waals surface area (Å²) in [5.74, 6) is 2.18. The van der Waals surface area contributed by atoms with Crippen molar-refractivity contribution >= 4 is 18.7 Å². The van der Waals surface area contributed by atoms with E-state index in [-0.39, 0.29) is 0 Å². The van der Waals surface area contributed by atoms with Gasteiger partial charge in [-0.15, -0.1) is 11.6 Å². The minimum atomic E-state index is -1.02. The van der Waals surface area contributed by atoms with E-state index in [1.54, 1.807) is 33.7 Å². The maximum absolute atomic E-state index is 9.83. The molecule has 0 rings (SSSR count). The molecule has 0 fully saturated rings. The van der Waals surface area contributed by atoms with Crippen molar-refractivity contribution in [2.75, 3.05) is 5.88 Å². The van der Waals surface area contributed by atoms with Crippen LogP contribution in [0.2, 0.25) is 0 Å². The standard InChI is InChI=1S/C11H22BClO3/c1-10(2,14)11(3,4)16-12(15)8-6-5-7-9-13/h6,8,14-15H,5,7,9H2,1-4H3. The van der Waals surface area contributed by atoms with Gasteiger partial charge in [-0.2, -0.15) is 0 Å². The van der Waals surface area contributed by atoms with Crippen molar-refractivity contribution in [2.24, 2.45) is 0 Å². The molecule has 5 heteroatoms. The molecule has 0 aromatic rings. The second kappa shape index (κ2) is 6.65. The van der Waals surface area contributed by atoms with Gasteiger partial charge in [0.1, 0.15) is 0 Å². The van der Waals surface area contributed by atoms with Gasteiger partial charge in [-0.3, -0.25) is 0 Å². The molecule has 0 atom stereocenters. The Hall–Kier alpha value is -0.0251. The Bertz CT molecular complexity index is 224. The lowest BCUT2D eigenvalue weighted by molar-refractivity contribution is -0.0984. The highest BCUT2D eigenvalue weighted by Crippen LogP contribution is 2.25. The number of aliphatic hydroxyl groups is 1. The van der Waals surface area contributed by atoms with Crippen molar-refractivity contribution in [2.45, 2.75) is 51.7 Å². The first-order chi connectivity index (χ1) is 7.20. The van der Waals surface area contributed by atoms with Gasteiger partial charge in [-0.1, -0.05) is 12.1 Å². The Morgan fingerprint density at radius 3 is 2.31 bits per heavy atom. The van der Waals surface area contributed by atoms with E-state index in [9.17, 15) is 10.1 Å². The van der Waals surface area contributed by atoms with E-state index >= 15 is 0 Å². The van der Waals surface area contributed by atoms with Crippen LogP contribution in [0.1, 0.15) is 40.5 Å². The molecule has 16 heavy (non-hydrogen) atoms. The Balaban J connectivity index is 4.13. The quantitative estimate of drug-likeness (QED) is 0.412. The molecule has 0 saturated carbocycles. The zero-order chi connectivity index (χ0) is 12.8. The van der Waals surface area contributed by atoms with Crippen molar-refractivity contribution in [1.29, 1.82) is 0 Å². The lowest BCUT2D eigenvalue weighted by Gasteiger charge is -2.38. The third kappa shape index (κ3) is 5.90. The molecular weight excluding hydrogens is 226 g/mol. The van der Waals surface area contributed by atoms with Gasteiger partial charge in [-0.05, 0) is 40.5 Å². The van der Waals surface area contributed by atoms with E-state index in [0.29, 0.717) is 5.88 Å². The fourth-order valence-corrected chi connectivity index (χ4v) is 1.05. The van der Waals surface area contributed by atoms with Crippen molar-refractivity contribution < 1.29 is 14.8 Å². The molecule has 0 radical (unpaired) electrons. The van der Waals surface area contributed by atoms with Crippen LogP contribution in [0.3, 0.4) is 0 Å². The first-order valence-corrected chi connectivity index (χ1v) is 6.05. The van der Waals surface area contributed by atoms with Crippen molar-refractivity contribution in [3.05, 3.63) is 12.1 Å². The van der Waals surface area contributed by atoms with Crippen LogP contribution < -0.4 is 0 Å². The number of allylic oxidation sites excluding steroid dienone is 1. The lowest BCUT2D eigenvalue weighted by atomic mass is 9.83. The van der Waals surface area contributed by atoms with E-state index in [4.69, 9.17) is 16.3 Å². The van der Waals surface area contributed by atoms with Gasteiger partial charge in [0.2, 0.25) is 0 Å². The highest BCUT2D eigenvalue weighted by Gasteiger charge is 2.38. The van der Waals surface area contributed by atoms with Crippen molar-refractivity contribution in [1.82, 2.24) is 0 Å². The average Bonchev–Trinajstić information content (AvgIpc) is 2.10. The van der Waals surface area contributed by atoms with Crippen LogP contribution in [0.25, 0.3) is 0 Å². The summed E-state index contributed by atoms with van der Waals surface area (Å²) in [6.45, 7) is 6.78. The summed E-state index contributed by atoms with van der Waals surface area (Å²) in [7, 11) is -1.00. The number of unbranched alkanes of at least 4 members (excludes halogenated alkanes) is 1. The van der Waals surface area contributed by atoms with Gasteiger partial charge in [-0.25, -0.2) is 0 Å². The van der Waals surface area contributed by atoms with Crippen LogP contribution >= 0.6 is 11.6 Å². The summed E-state index contributed by atoms with van der Waals surface area (Å²) in [4.78, 5) is 0. The van der Waals surface area contributed by atoms with Crippen molar-refractivity contribution in [3.8, 4) is 0 Å². The van der Waals surface area contributed by atoms with Crippen LogP contribution in [0.5, 0.6) is 0 Å². The third-order valence-electron chi connectivity index (χ3n) is 2.69. The molecule has 0 saturated heterocycles. The molecule has 2 N–H and O–H groups in total. The van der Waals surface area contributed by atoms with Crippen molar-refractivity contribution in [3.63, 3.8) is 0 Å². The molecule has 0 spiro atoms. The highest BCUT2D eigenvalue weighted by atomic mass is 35.5. The summed E-state index contributed by atoms with van der Waals surface area (Å²) < 4.78 is 5.37. The Morgan fingerprint density at radius 2 is 1.88 bits per heavy atom. The SMILES string of the molecule is CC(C)(O)C(C)(C)OB(O)C=CCCCCl. The average molecular weight is 249 g/mol. The first-order valence-electron chi connectivity index (χ1n) is 5.51. The maximum atomic E-state index is 9.83. The Morgan fingerprint density at radius 1 is 1.31 bits per heavy atom. The summed E-state index contributed by atoms with van der Waals surface area (Å²) >= 11 is 5.52. The number of hydrogen-bond donors (Lipinski definition) is 2. The van der Waals surface area contributed by atoms with E-state index in [1.165, 1.54) is 0 Å². The van der Waals surface area contributed by atoms with Crippen LogP contribution in [0.4, 0.5) is 0 Å². The topological polar surface area (TPSA) is 49.7 Å². The molecule has 0 aliphatic heterocycles. The minimum Gasteiger partial charge on any atom is -0.423 e. The molecule has 3 nitrogen and oxygen atoms in total. The normalized spacial score (nSPS) is 13.4. The third-order valence-corrected chi connectivity index (χ3v) is 2.96. The minimum absolute atomic E-state index is 0.608. The predicted molar refractivity (Wildman–Crippen MR) is 68.5 cm³/mol. The zero-order valence-electron chi connectivity index (χ0n) is 10.5. The van der Waals surface area contributed by atoms with E-state index in [2.05, 4.69) is 0 Å². The molecule has 0 heterocycles. The zero-order valence-corrected chi connectivity index (χ0v) is 11.3. The van der Waals surface area contributed by atoms with E-state index < -0.39 is 18.3 Å². The number of rotatable bonds is 7. The molecule has 0 unspecified atom stereocenters. The molecule has 0 aliphatic carbocycles. The second-order valence-corrected chi connectivity index (χ2v) is 5.22. The molecular formula is C11H22BClO3. The highest BCUT2D eigenvalue weighted by molar-refractivity contribution is 6.49. The molecule has 0 bridgehead atoms. The predicted octanol–water partition coefficient (Wildman–Crippen LogP) is 2.15. The molecule has 94 valence electrons. The summed E-state index contributed by atoms with van der Waals surface area (Å²) in [5, 5.41) is 19.4. The van der Waals surface area contributed by atoms with Crippen LogP contribution in [-0.4, -0.2) is 34.3 Å². The van der Waals surface area contributed by atoms with Gasteiger partial charge in [0.05, 0.1) is 11.2 Å². The van der Waals surface area contributed by atoms with Gasteiger partial charge in [0, 0.05) is 5.88 Å². The largest absolute Gasteiger partial charge is 0.483 e. The Labute approximate surface area is 104 Å².